The van der Waals surface area contributed by atoms with Crippen molar-refractivity contribution in [3.8, 4) is 0 Å². The average molecular weight is 470 g/mol. The Morgan fingerprint density at radius 2 is 1.77 bits per heavy atom. The highest BCUT2D eigenvalue weighted by molar-refractivity contribution is 6.66. The largest absolute Gasteiger partial charge is 0.368 e. The van der Waals surface area contributed by atoms with Crippen molar-refractivity contribution < 1.29 is 9.31 Å². The van der Waals surface area contributed by atoms with Crippen LogP contribution >= 0.6 is 34.8 Å². The SMILES string of the molecule is CC1(C)CC(NNc2nc(C(Cl)(Cl)Cl)nc3ccccc23)=CC(=[N+]2CCOCC2)C1. The van der Waals surface area contributed by atoms with Gasteiger partial charge in [0.2, 0.25) is 3.79 Å². The molecule has 1 aromatic heterocycles. The van der Waals surface area contributed by atoms with Gasteiger partial charge in [0.1, 0.15) is 13.2 Å². The highest BCUT2D eigenvalue weighted by atomic mass is 35.6. The molecule has 0 amide bonds. The maximum atomic E-state index is 6.05. The first-order chi connectivity index (χ1) is 14.2. The fourth-order valence-corrected chi connectivity index (χ4v) is 4.20. The van der Waals surface area contributed by atoms with Crippen molar-refractivity contribution in [3.05, 3.63) is 41.9 Å². The molecule has 0 spiro atoms. The molecule has 6 nitrogen and oxygen atoms in total. The van der Waals surface area contributed by atoms with Crippen LogP contribution in [0.4, 0.5) is 5.82 Å². The molecule has 2 heterocycles. The molecule has 1 aromatic carbocycles. The second-order valence-corrected chi connectivity index (χ2v) is 10.7. The van der Waals surface area contributed by atoms with Gasteiger partial charge in [0.25, 0.3) is 0 Å². The Balaban J connectivity index is 1.63. The predicted molar refractivity (Wildman–Crippen MR) is 122 cm³/mol. The van der Waals surface area contributed by atoms with Crippen LogP contribution in [0.5, 0.6) is 0 Å². The van der Waals surface area contributed by atoms with Gasteiger partial charge in [-0.05, 0) is 24.0 Å². The van der Waals surface area contributed by atoms with Crippen LogP contribution in [0.1, 0.15) is 32.5 Å². The number of para-hydroxylation sites is 1. The lowest BCUT2D eigenvalue weighted by Gasteiger charge is -2.30. The molecule has 2 aromatic rings. The zero-order chi connectivity index (χ0) is 21.4. The Kier molecular flexibility index (Phi) is 6.13. The Labute approximate surface area is 191 Å². The van der Waals surface area contributed by atoms with E-state index in [-0.39, 0.29) is 11.2 Å². The Morgan fingerprint density at radius 3 is 2.50 bits per heavy atom. The third kappa shape index (κ3) is 4.99. The van der Waals surface area contributed by atoms with E-state index in [0.717, 1.165) is 50.2 Å². The lowest BCUT2D eigenvalue weighted by molar-refractivity contribution is -0.550. The Morgan fingerprint density at radius 1 is 1.03 bits per heavy atom. The van der Waals surface area contributed by atoms with Crippen molar-refractivity contribution >= 4 is 57.2 Å². The summed E-state index contributed by atoms with van der Waals surface area (Å²) in [7, 11) is 0. The minimum absolute atomic E-state index is 0.133. The molecule has 0 radical (unpaired) electrons. The highest BCUT2D eigenvalue weighted by Crippen LogP contribution is 2.38. The number of morpholine rings is 1. The number of aromatic nitrogens is 2. The predicted octanol–water partition coefficient (Wildman–Crippen LogP) is 4.56. The quantitative estimate of drug-likeness (QED) is 0.392. The van der Waals surface area contributed by atoms with Gasteiger partial charge in [-0.15, -0.1) is 0 Å². The molecule has 160 valence electrons. The molecular weight excluding hydrogens is 445 g/mol. The molecule has 0 unspecified atom stereocenters. The van der Waals surface area contributed by atoms with Gasteiger partial charge in [0.15, 0.2) is 30.4 Å². The van der Waals surface area contributed by atoms with E-state index < -0.39 is 3.79 Å². The van der Waals surface area contributed by atoms with Gasteiger partial charge in [-0.2, -0.15) is 0 Å². The lowest BCUT2D eigenvalue weighted by Crippen LogP contribution is -2.38. The zero-order valence-electron chi connectivity index (χ0n) is 17.0. The second-order valence-electron chi connectivity index (χ2n) is 8.44. The fraction of sp³-hybridized carbons (Fsp3) is 0.476. The first-order valence-electron chi connectivity index (χ1n) is 9.96. The van der Waals surface area contributed by atoms with Crippen LogP contribution < -0.4 is 10.9 Å². The summed E-state index contributed by atoms with van der Waals surface area (Å²) in [6.45, 7) is 7.95. The summed E-state index contributed by atoms with van der Waals surface area (Å²) in [6, 6.07) is 7.63. The summed E-state index contributed by atoms with van der Waals surface area (Å²) < 4.78 is 6.21. The first-order valence-corrected chi connectivity index (χ1v) is 11.1. The number of hydrogen-bond acceptors (Lipinski definition) is 5. The van der Waals surface area contributed by atoms with E-state index >= 15 is 0 Å². The second kappa shape index (κ2) is 8.50. The van der Waals surface area contributed by atoms with Crippen molar-refractivity contribution in [3.63, 3.8) is 0 Å². The molecule has 0 saturated carbocycles. The van der Waals surface area contributed by atoms with Crippen LogP contribution in [-0.2, 0) is 8.53 Å². The molecule has 2 aliphatic rings. The number of fused-ring (bicyclic) bond motifs is 1. The normalized spacial score (nSPS) is 19.6. The summed E-state index contributed by atoms with van der Waals surface area (Å²) in [5.74, 6) is 0.702. The number of rotatable bonds is 3. The standard InChI is InChI=1S/C21H24Cl3N5O/c1-20(2)12-14(11-15(13-20)29-7-9-30-10-8-29)27-28-18-16-5-3-4-6-17(16)25-19(26-18)21(22,23)24/h3-6,11H,7-10,12-13H2,1-2H3,(H,25,26,28)/p+1. The number of benzene rings is 1. The third-order valence-electron chi connectivity index (χ3n) is 5.29. The number of allylic oxidation sites excluding steroid dienone is 2. The number of nitrogens with zero attached hydrogens (tertiary/aromatic N) is 3. The van der Waals surface area contributed by atoms with Gasteiger partial charge in [-0.1, -0.05) is 60.8 Å². The highest BCUT2D eigenvalue weighted by Gasteiger charge is 2.32. The van der Waals surface area contributed by atoms with Gasteiger partial charge in [-0.3, -0.25) is 5.43 Å². The van der Waals surface area contributed by atoms with E-state index in [2.05, 4.69) is 45.3 Å². The molecule has 4 rings (SSSR count). The fourth-order valence-electron chi connectivity index (χ4n) is 3.94. The number of halogens is 3. The van der Waals surface area contributed by atoms with Gasteiger partial charge < -0.3 is 10.2 Å². The first kappa shape index (κ1) is 21.6. The Bertz CT molecular complexity index is 1010. The third-order valence-corrected chi connectivity index (χ3v) is 5.79. The van der Waals surface area contributed by atoms with Gasteiger partial charge in [0.05, 0.1) is 5.52 Å². The molecule has 1 aliphatic heterocycles. The van der Waals surface area contributed by atoms with Crippen LogP contribution in [-0.4, -0.2) is 46.6 Å². The van der Waals surface area contributed by atoms with E-state index in [1.807, 2.05) is 24.3 Å². The smallest absolute Gasteiger partial charge is 0.250 e. The van der Waals surface area contributed by atoms with E-state index in [9.17, 15) is 0 Å². The van der Waals surface area contributed by atoms with Crippen LogP contribution in [0.15, 0.2) is 36.0 Å². The number of nitrogens with one attached hydrogen (secondary N) is 2. The summed E-state index contributed by atoms with van der Waals surface area (Å²) >= 11 is 18.1. The number of ether oxygens (including phenoxy) is 1. The van der Waals surface area contributed by atoms with Crippen molar-refractivity contribution in [1.29, 1.82) is 0 Å². The topological polar surface area (TPSA) is 62.1 Å². The van der Waals surface area contributed by atoms with Crippen LogP contribution in [0.2, 0.25) is 0 Å². The number of alkyl halides is 3. The van der Waals surface area contributed by atoms with E-state index in [1.54, 1.807) is 0 Å². The minimum atomic E-state index is -1.70. The molecule has 1 aliphatic carbocycles. The average Bonchev–Trinajstić information content (AvgIpc) is 2.70. The maximum absolute atomic E-state index is 6.05. The molecule has 2 N–H and O–H groups in total. The molecule has 0 bridgehead atoms. The summed E-state index contributed by atoms with van der Waals surface area (Å²) in [5, 5.41) is 0.844. The molecule has 1 saturated heterocycles. The summed E-state index contributed by atoms with van der Waals surface area (Å²) in [5.41, 5.74) is 9.84. The van der Waals surface area contributed by atoms with Crippen LogP contribution in [0, 0.1) is 5.41 Å². The Hall–Kier alpha value is -1.60. The van der Waals surface area contributed by atoms with Crippen molar-refractivity contribution in [1.82, 2.24) is 15.4 Å². The number of anilines is 1. The van der Waals surface area contributed by atoms with E-state index in [1.165, 1.54) is 5.71 Å². The van der Waals surface area contributed by atoms with E-state index in [4.69, 9.17) is 39.5 Å². The molecule has 1 fully saturated rings. The van der Waals surface area contributed by atoms with Gasteiger partial charge in [-0.25, -0.2) is 14.5 Å². The van der Waals surface area contributed by atoms with Gasteiger partial charge >= 0.3 is 0 Å². The monoisotopic (exact) mass is 468 g/mol. The minimum Gasteiger partial charge on any atom is -0.368 e. The van der Waals surface area contributed by atoms with Crippen molar-refractivity contribution in [2.75, 3.05) is 31.7 Å². The summed E-state index contributed by atoms with van der Waals surface area (Å²) in [6.07, 6.45) is 4.17. The number of hydrogen-bond donors (Lipinski definition) is 2. The molecule has 30 heavy (non-hydrogen) atoms. The molecular formula is C21H25Cl3N5O+. The zero-order valence-corrected chi connectivity index (χ0v) is 19.3. The van der Waals surface area contributed by atoms with Gasteiger partial charge in [0, 0.05) is 23.6 Å². The van der Waals surface area contributed by atoms with Crippen molar-refractivity contribution in [2.24, 2.45) is 5.41 Å². The van der Waals surface area contributed by atoms with Crippen LogP contribution in [0.3, 0.4) is 0 Å². The molecule has 9 heteroatoms. The van der Waals surface area contributed by atoms with Crippen LogP contribution in [0.25, 0.3) is 10.9 Å². The number of hydrazine groups is 1. The lowest BCUT2D eigenvalue weighted by atomic mass is 9.78. The molecule has 0 atom stereocenters. The summed E-state index contributed by atoms with van der Waals surface area (Å²) in [4.78, 5) is 8.85. The van der Waals surface area contributed by atoms with Crippen molar-refractivity contribution in [2.45, 2.75) is 30.5 Å². The maximum Gasteiger partial charge on any atom is 0.250 e. The van der Waals surface area contributed by atoms with E-state index in [0.29, 0.717) is 11.3 Å².